The molecule has 1 aromatic heterocycles. The molecule has 0 spiro atoms. The third-order valence-electron chi connectivity index (χ3n) is 3.68. The zero-order chi connectivity index (χ0) is 16.4. The Bertz CT molecular complexity index is 867. The maximum absolute atomic E-state index is 12.5. The van der Waals surface area contributed by atoms with Gasteiger partial charge in [0.15, 0.2) is 0 Å². The van der Waals surface area contributed by atoms with Gasteiger partial charge in [-0.25, -0.2) is 0 Å². The smallest absolute Gasteiger partial charge is 0.316 e. The maximum atomic E-state index is 12.5. The summed E-state index contributed by atoms with van der Waals surface area (Å²) in [7, 11) is 1.52. The minimum Gasteiger partial charge on any atom is -0.467 e. The average Bonchev–Trinajstić information content (AvgIpc) is 2.57. The van der Waals surface area contributed by atoms with Crippen molar-refractivity contribution < 1.29 is 9.53 Å². The van der Waals surface area contributed by atoms with Gasteiger partial charge in [0.2, 0.25) is 0 Å². The summed E-state index contributed by atoms with van der Waals surface area (Å²) in [5, 5.41) is 5.02. The van der Waals surface area contributed by atoms with Crippen LogP contribution < -0.4 is 10.1 Å². The monoisotopic (exact) mass is 307 g/mol. The molecule has 116 valence electrons. The van der Waals surface area contributed by atoms with Gasteiger partial charge in [-0.05, 0) is 36.8 Å². The Kier molecular flexibility index (Phi) is 3.93. The Morgan fingerprint density at radius 2 is 1.65 bits per heavy atom. The lowest BCUT2D eigenvalue weighted by atomic mass is 10.1. The largest absolute Gasteiger partial charge is 0.467 e. The number of hydrogen-bond acceptors (Lipinski definition) is 4. The van der Waals surface area contributed by atoms with Gasteiger partial charge in [0.25, 0.3) is 5.91 Å². The molecule has 0 aliphatic heterocycles. The Morgan fingerprint density at radius 1 is 1.00 bits per heavy atom. The van der Waals surface area contributed by atoms with Gasteiger partial charge in [0, 0.05) is 5.56 Å². The van der Waals surface area contributed by atoms with Crippen LogP contribution in [0, 0.1) is 13.8 Å². The molecule has 0 aliphatic rings. The quantitative estimate of drug-likeness (QED) is 0.804. The van der Waals surface area contributed by atoms with Gasteiger partial charge in [-0.3, -0.25) is 4.79 Å². The minimum atomic E-state index is -0.185. The second-order valence-corrected chi connectivity index (χ2v) is 5.27. The first-order chi connectivity index (χ1) is 11.1. The number of aryl methyl sites for hydroxylation is 2. The summed E-state index contributed by atoms with van der Waals surface area (Å²) in [4.78, 5) is 20.9. The topological polar surface area (TPSA) is 64.1 Å². The molecule has 0 atom stereocenters. The third-order valence-corrected chi connectivity index (χ3v) is 3.68. The number of nitrogens with one attached hydrogen (secondary N) is 1. The Morgan fingerprint density at radius 3 is 2.30 bits per heavy atom. The van der Waals surface area contributed by atoms with Gasteiger partial charge in [0.05, 0.1) is 24.2 Å². The van der Waals surface area contributed by atoms with E-state index in [1.165, 1.54) is 7.11 Å². The molecule has 0 unspecified atom stereocenters. The highest BCUT2D eigenvalue weighted by Gasteiger charge is 2.13. The van der Waals surface area contributed by atoms with Gasteiger partial charge in [0.1, 0.15) is 0 Å². The van der Waals surface area contributed by atoms with Crippen LogP contribution in [-0.4, -0.2) is 23.0 Å². The number of rotatable bonds is 3. The number of methoxy groups -OCH3 is 1. The number of hydrogen-bond donors (Lipinski definition) is 1. The molecular formula is C18H17N3O2. The van der Waals surface area contributed by atoms with E-state index in [2.05, 4.69) is 15.3 Å². The summed E-state index contributed by atoms with van der Waals surface area (Å²) in [5.41, 5.74) is 2.55. The summed E-state index contributed by atoms with van der Waals surface area (Å²) < 4.78 is 5.03. The van der Waals surface area contributed by atoms with Crippen LogP contribution in [0.1, 0.15) is 21.7 Å². The highest BCUT2D eigenvalue weighted by molar-refractivity contribution is 6.06. The summed E-state index contributed by atoms with van der Waals surface area (Å²) in [6.45, 7) is 3.63. The fraction of sp³-hybridized carbons (Fsp3) is 0.167. The number of amides is 1. The molecule has 0 aliphatic carbocycles. The lowest BCUT2D eigenvalue weighted by Crippen LogP contribution is -2.15. The van der Waals surface area contributed by atoms with Crippen LogP contribution in [0.3, 0.4) is 0 Å². The van der Waals surface area contributed by atoms with Crippen LogP contribution in [0.25, 0.3) is 10.8 Å². The summed E-state index contributed by atoms with van der Waals surface area (Å²) in [6, 6.07) is 13.9. The van der Waals surface area contributed by atoms with E-state index in [0.717, 1.165) is 10.8 Å². The molecule has 1 N–H and O–H groups in total. The van der Waals surface area contributed by atoms with E-state index in [1.807, 2.05) is 56.3 Å². The SMILES string of the molecule is COc1nc(C)c(NC(=O)c2ccc3ccccc3c2)c(C)n1. The number of anilines is 1. The van der Waals surface area contributed by atoms with Crippen LogP contribution in [0.5, 0.6) is 6.01 Å². The lowest BCUT2D eigenvalue weighted by Gasteiger charge is -2.12. The molecule has 1 amide bonds. The molecule has 23 heavy (non-hydrogen) atoms. The zero-order valence-electron chi connectivity index (χ0n) is 13.3. The van der Waals surface area contributed by atoms with E-state index in [-0.39, 0.29) is 5.91 Å². The number of carbonyl (C=O) groups excluding carboxylic acids is 1. The zero-order valence-corrected chi connectivity index (χ0v) is 13.3. The first-order valence-electron chi connectivity index (χ1n) is 7.28. The van der Waals surface area contributed by atoms with E-state index >= 15 is 0 Å². The summed E-state index contributed by atoms with van der Waals surface area (Å²) >= 11 is 0. The molecule has 0 fully saturated rings. The number of fused-ring (bicyclic) bond motifs is 1. The van der Waals surface area contributed by atoms with E-state index < -0.39 is 0 Å². The first-order valence-corrected chi connectivity index (χ1v) is 7.28. The average molecular weight is 307 g/mol. The Hall–Kier alpha value is -2.95. The van der Waals surface area contributed by atoms with Crippen molar-refractivity contribution in [2.45, 2.75) is 13.8 Å². The van der Waals surface area contributed by atoms with Crippen molar-refractivity contribution in [3.63, 3.8) is 0 Å². The van der Waals surface area contributed by atoms with Crippen molar-refractivity contribution in [3.05, 3.63) is 59.4 Å². The second-order valence-electron chi connectivity index (χ2n) is 5.27. The molecule has 5 nitrogen and oxygen atoms in total. The van der Waals surface area contributed by atoms with Crippen LogP contribution in [0.4, 0.5) is 5.69 Å². The predicted molar refractivity (Wildman–Crippen MR) is 90.0 cm³/mol. The molecule has 0 bridgehead atoms. The van der Waals surface area contributed by atoms with Gasteiger partial charge in [-0.1, -0.05) is 30.3 Å². The van der Waals surface area contributed by atoms with Crippen LogP contribution in [0.15, 0.2) is 42.5 Å². The fourth-order valence-corrected chi connectivity index (χ4v) is 2.47. The van der Waals surface area contributed by atoms with Crippen molar-refractivity contribution in [1.82, 2.24) is 9.97 Å². The number of benzene rings is 2. The molecule has 3 aromatic rings. The lowest BCUT2D eigenvalue weighted by molar-refractivity contribution is 0.102. The molecular weight excluding hydrogens is 290 g/mol. The van der Waals surface area contributed by atoms with E-state index in [1.54, 1.807) is 0 Å². The van der Waals surface area contributed by atoms with Gasteiger partial charge in [-0.15, -0.1) is 0 Å². The summed E-state index contributed by atoms with van der Waals surface area (Å²) in [5.74, 6) is -0.185. The Labute approximate surface area is 134 Å². The normalized spacial score (nSPS) is 10.6. The second kappa shape index (κ2) is 6.04. The third kappa shape index (κ3) is 2.99. The number of carbonyl (C=O) groups is 1. The highest BCUT2D eigenvalue weighted by Crippen LogP contribution is 2.21. The van der Waals surface area contributed by atoms with Crippen molar-refractivity contribution in [1.29, 1.82) is 0 Å². The van der Waals surface area contributed by atoms with Gasteiger partial charge >= 0.3 is 6.01 Å². The number of aromatic nitrogens is 2. The Balaban J connectivity index is 1.91. The molecule has 2 aromatic carbocycles. The van der Waals surface area contributed by atoms with E-state index in [0.29, 0.717) is 28.6 Å². The maximum Gasteiger partial charge on any atom is 0.316 e. The highest BCUT2D eigenvalue weighted by atomic mass is 16.5. The molecule has 5 heteroatoms. The van der Waals surface area contributed by atoms with E-state index in [4.69, 9.17) is 4.74 Å². The predicted octanol–water partition coefficient (Wildman–Crippen LogP) is 3.51. The molecule has 0 saturated carbocycles. The molecule has 1 heterocycles. The molecule has 0 radical (unpaired) electrons. The molecule has 3 rings (SSSR count). The summed E-state index contributed by atoms with van der Waals surface area (Å²) in [6.07, 6.45) is 0. The van der Waals surface area contributed by atoms with Crippen molar-refractivity contribution in [2.24, 2.45) is 0 Å². The van der Waals surface area contributed by atoms with Crippen LogP contribution in [0.2, 0.25) is 0 Å². The van der Waals surface area contributed by atoms with Crippen molar-refractivity contribution >= 4 is 22.4 Å². The fourth-order valence-electron chi connectivity index (χ4n) is 2.47. The van der Waals surface area contributed by atoms with Crippen LogP contribution in [-0.2, 0) is 0 Å². The number of ether oxygens (including phenoxy) is 1. The van der Waals surface area contributed by atoms with Crippen molar-refractivity contribution in [2.75, 3.05) is 12.4 Å². The molecule has 0 saturated heterocycles. The first kappa shape index (κ1) is 15.0. The standard InChI is InChI=1S/C18H17N3O2/c1-11-16(12(2)20-18(19-11)23-3)21-17(22)15-9-8-13-6-4-5-7-14(13)10-15/h4-10H,1-3H3,(H,21,22). The van der Waals surface area contributed by atoms with Crippen molar-refractivity contribution in [3.8, 4) is 6.01 Å². The van der Waals surface area contributed by atoms with E-state index in [9.17, 15) is 4.79 Å². The number of nitrogens with zero attached hydrogens (tertiary/aromatic N) is 2. The minimum absolute atomic E-state index is 0.185. The van der Waals surface area contributed by atoms with Gasteiger partial charge in [-0.2, -0.15) is 9.97 Å². The van der Waals surface area contributed by atoms with Gasteiger partial charge < -0.3 is 10.1 Å². The van der Waals surface area contributed by atoms with Crippen LogP contribution >= 0.6 is 0 Å².